The lowest BCUT2D eigenvalue weighted by molar-refractivity contribution is -0.122. The molecule has 0 bridgehead atoms. The highest BCUT2D eigenvalue weighted by atomic mass is 16.2. The van der Waals surface area contributed by atoms with Crippen molar-refractivity contribution in [3.8, 4) is 0 Å². The summed E-state index contributed by atoms with van der Waals surface area (Å²) in [6, 6.07) is 11.8. The van der Waals surface area contributed by atoms with Gasteiger partial charge < -0.3 is 10.2 Å². The van der Waals surface area contributed by atoms with E-state index in [1.54, 1.807) is 6.20 Å². The van der Waals surface area contributed by atoms with E-state index in [-0.39, 0.29) is 23.8 Å². The van der Waals surface area contributed by atoms with Gasteiger partial charge in [0.2, 0.25) is 5.91 Å². The van der Waals surface area contributed by atoms with Crippen molar-refractivity contribution in [1.29, 1.82) is 0 Å². The molecule has 1 spiro atoms. The molecule has 1 aromatic carbocycles. The van der Waals surface area contributed by atoms with Crippen molar-refractivity contribution in [3.63, 3.8) is 0 Å². The van der Waals surface area contributed by atoms with E-state index in [0.29, 0.717) is 11.4 Å². The summed E-state index contributed by atoms with van der Waals surface area (Å²) in [6.45, 7) is 1.96. The molecule has 5 rings (SSSR count). The minimum atomic E-state index is -0.430. The van der Waals surface area contributed by atoms with E-state index >= 15 is 0 Å². The maximum absolute atomic E-state index is 13.9. The molecule has 5 nitrogen and oxygen atoms in total. The van der Waals surface area contributed by atoms with Gasteiger partial charge in [0.05, 0.1) is 11.5 Å². The average Bonchev–Trinajstić information content (AvgIpc) is 3.25. The molecule has 31 heavy (non-hydrogen) atoms. The lowest BCUT2D eigenvalue weighted by Gasteiger charge is -2.53. The van der Waals surface area contributed by atoms with E-state index in [9.17, 15) is 9.59 Å². The Kier molecular flexibility index (Phi) is 5.28. The van der Waals surface area contributed by atoms with Crippen molar-refractivity contribution >= 4 is 17.6 Å². The van der Waals surface area contributed by atoms with Crippen LogP contribution in [0.15, 0.2) is 42.6 Å². The molecule has 162 valence electrons. The number of pyridine rings is 1. The molecule has 2 heterocycles. The number of aryl methyl sites for hydroxylation is 1. The number of carbonyl (C=O) groups is 2. The van der Waals surface area contributed by atoms with Gasteiger partial charge in [-0.05, 0) is 55.9 Å². The molecule has 2 amide bonds. The lowest BCUT2D eigenvalue weighted by Crippen LogP contribution is -2.63. The molecule has 1 aliphatic heterocycles. The summed E-state index contributed by atoms with van der Waals surface area (Å²) >= 11 is 0. The zero-order valence-corrected chi connectivity index (χ0v) is 18.3. The highest BCUT2D eigenvalue weighted by Crippen LogP contribution is 2.52. The Balaban J connectivity index is 1.61. The minimum absolute atomic E-state index is 0.0375. The minimum Gasteiger partial charge on any atom is -0.329 e. The first-order valence-corrected chi connectivity index (χ1v) is 11.8. The summed E-state index contributed by atoms with van der Waals surface area (Å²) in [5.74, 6) is 0.332. The van der Waals surface area contributed by atoms with E-state index in [0.717, 1.165) is 62.5 Å². The highest BCUT2D eigenvalue weighted by Gasteiger charge is 2.57. The van der Waals surface area contributed by atoms with Crippen molar-refractivity contribution in [3.05, 3.63) is 59.3 Å². The number of hydrogen-bond donors (Lipinski definition) is 1. The van der Waals surface area contributed by atoms with Crippen LogP contribution in [0.5, 0.6) is 0 Å². The van der Waals surface area contributed by atoms with E-state index in [1.807, 2.05) is 43.3 Å². The Hall–Kier alpha value is -2.69. The van der Waals surface area contributed by atoms with Gasteiger partial charge in [0.25, 0.3) is 5.91 Å². The summed E-state index contributed by atoms with van der Waals surface area (Å²) in [6.07, 6.45) is 11.3. The molecule has 0 radical (unpaired) electrons. The number of fused-ring (bicyclic) bond motifs is 1. The van der Waals surface area contributed by atoms with Crippen molar-refractivity contribution < 1.29 is 9.59 Å². The van der Waals surface area contributed by atoms with Crippen molar-refractivity contribution in [1.82, 2.24) is 9.88 Å². The van der Waals surface area contributed by atoms with Crippen LogP contribution >= 0.6 is 0 Å². The van der Waals surface area contributed by atoms with Gasteiger partial charge >= 0.3 is 0 Å². The molecular formula is C26H31N3O2. The first kappa shape index (κ1) is 20.2. The summed E-state index contributed by atoms with van der Waals surface area (Å²) in [7, 11) is 0. The van der Waals surface area contributed by atoms with Gasteiger partial charge in [-0.3, -0.25) is 9.59 Å². The fraction of sp³-hybridized carbons (Fsp3) is 0.500. The molecule has 5 heteroatoms. The molecule has 2 aromatic rings. The number of nitrogens with one attached hydrogen (secondary N) is 1. The first-order chi connectivity index (χ1) is 15.1. The van der Waals surface area contributed by atoms with E-state index in [2.05, 4.69) is 15.2 Å². The molecule has 1 aromatic heterocycles. The molecule has 2 fully saturated rings. The number of benzene rings is 1. The number of anilines is 1. The van der Waals surface area contributed by atoms with Crippen LogP contribution in [0.3, 0.4) is 0 Å². The Labute approximate surface area is 184 Å². The van der Waals surface area contributed by atoms with Crippen LogP contribution in [-0.2, 0) is 4.79 Å². The molecule has 0 unspecified atom stereocenters. The monoisotopic (exact) mass is 417 g/mol. The number of nitrogens with zero attached hydrogens (tertiary/aromatic N) is 2. The van der Waals surface area contributed by atoms with Gasteiger partial charge in [0.1, 0.15) is 5.82 Å². The predicted molar refractivity (Wildman–Crippen MR) is 121 cm³/mol. The van der Waals surface area contributed by atoms with Gasteiger partial charge in [0.15, 0.2) is 0 Å². The number of aromatic nitrogens is 1. The number of rotatable bonds is 3. The number of carbonyl (C=O) groups excluding carboxylic acids is 2. The van der Waals surface area contributed by atoms with Crippen LogP contribution in [0, 0.1) is 6.92 Å². The number of hydrogen-bond acceptors (Lipinski definition) is 3. The van der Waals surface area contributed by atoms with Gasteiger partial charge in [-0.2, -0.15) is 0 Å². The Morgan fingerprint density at radius 3 is 2.52 bits per heavy atom. The second-order valence-corrected chi connectivity index (χ2v) is 9.46. The molecule has 1 N–H and O–H groups in total. The standard InChI is InChI=1S/C26H31N3O2/c1-18-10-9-17-27-23(18)28-24(30)22-20-13-5-6-14-21(20)25(31)29(19-11-3-2-4-12-19)26(22)15-7-8-16-26/h5-6,9-10,13-14,17,19,22H,2-4,7-8,11-12,15-16H2,1H3,(H,27,28,30)/t22-/m1/s1. The molecule has 1 atom stereocenters. The molecule has 3 aliphatic rings. The smallest absolute Gasteiger partial charge is 0.254 e. The average molecular weight is 418 g/mol. The predicted octanol–water partition coefficient (Wildman–Crippen LogP) is 5.21. The van der Waals surface area contributed by atoms with Crippen LogP contribution in [0.1, 0.15) is 85.2 Å². The first-order valence-electron chi connectivity index (χ1n) is 11.8. The van der Waals surface area contributed by atoms with Gasteiger partial charge in [0, 0.05) is 17.8 Å². The van der Waals surface area contributed by atoms with Crippen LogP contribution in [0.4, 0.5) is 5.82 Å². The summed E-state index contributed by atoms with van der Waals surface area (Å²) < 4.78 is 0. The third-order valence-corrected chi connectivity index (χ3v) is 7.66. The second-order valence-electron chi connectivity index (χ2n) is 9.46. The molecular weight excluding hydrogens is 386 g/mol. The third kappa shape index (κ3) is 3.35. The molecule has 0 saturated heterocycles. The Bertz CT molecular complexity index is 990. The zero-order valence-electron chi connectivity index (χ0n) is 18.3. The van der Waals surface area contributed by atoms with E-state index in [4.69, 9.17) is 0 Å². The summed E-state index contributed by atoms with van der Waals surface area (Å²) in [5.41, 5.74) is 2.09. The van der Waals surface area contributed by atoms with Crippen LogP contribution < -0.4 is 5.32 Å². The fourth-order valence-corrected chi connectivity index (χ4v) is 6.28. The maximum Gasteiger partial charge on any atom is 0.254 e. The summed E-state index contributed by atoms with van der Waals surface area (Å²) in [4.78, 5) is 34.3. The van der Waals surface area contributed by atoms with Crippen molar-refractivity contribution in [2.24, 2.45) is 0 Å². The quantitative estimate of drug-likeness (QED) is 0.745. The molecule has 2 aliphatic carbocycles. The molecule has 2 saturated carbocycles. The normalized spacial score (nSPS) is 23.1. The summed E-state index contributed by atoms with van der Waals surface area (Å²) in [5, 5.41) is 3.12. The largest absolute Gasteiger partial charge is 0.329 e. The van der Waals surface area contributed by atoms with Crippen LogP contribution in [0.2, 0.25) is 0 Å². The highest BCUT2D eigenvalue weighted by molar-refractivity contribution is 6.05. The van der Waals surface area contributed by atoms with E-state index < -0.39 is 5.54 Å². The SMILES string of the molecule is Cc1cccnc1NC(=O)[C@H]1c2ccccc2C(=O)N(C2CCCCC2)C12CCCC2. The van der Waals surface area contributed by atoms with Crippen LogP contribution in [-0.4, -0.2) is 33.3 Å². The van der Waals surface area contributed by atoms with Gasteiger partial charge in [-0.25, -0.2) is 4.98 Å². The number of amides is 2. The van der Waals surface area contributed by atoms with E-state index in [1.165, 1.54) is 6.42 Å². The van der Waals surface area contributed by atoms with Gasteiger partial charge in [-0.1, -0.05) is 56.4 Å². The second kappa shape index (κ2) is 8.10. The van der Waals surface area contributed by atoms with Crippen LogP contribution in [0.25, 0.3) is 0 Å². The topological polar surface area (TPSA) is 62.3 Å². The Morgan fingerprint density at radius 1 is 1.03 bits per heavy atom. The van der Waals surface area contributed by atoms with Gasteiger partial charge in [-0.15, -0.1) is 0 Å². The third-order valence-electron chi connectivity index (χ3n) is 7.66. The zero-order chi connectivity index (χ0) is 21.4. The van der Waals surface area contributed by atoms with Crippen molar-refractivity contribution in [2.45, 2.75) is 82.2 Å². The lowest BCUT2D eigenvalue weighted by atomic mass is 9.69. The Morgan fingerprint density at radius 2 is 1.77 bits per heavy atom. The van der Waals surface area contributed by atoms with Crippen molar-refractivity contribution in [2.75, 3.05) is 5.32 Å². The fourth-order valence-electron chi connectivity index (χ4n) is 6.28. The maximum atomic E-state index is 13.9.